The lowest BCUT2D eigenvalue weighted by molar-refractivity contribution is 0.0711. The predicted octanol–water partition coefficient (Wildman–Crippen LogP) is 3.26. The lowest BCUT2D eigenvalue weighted by atomic mass is 9.95. The molecule has 1 aromatic carbocycles. The second-order valence-corrected chi connectivity index (χ2v) is 8.70. The average molecular weight is 437 g/mol. The van der Waals surface area contributed by atoms with Crippen molar-refractivity contribution in [2.24, 2.45) is 0 Å². The Hall–Kier alpha value is -3.07. The Morgan fingerprint density at radius 3 is 2.71 bits per heavy atom. The van der Waals surface area contributed by atoms with Gasteiger partial charge in [0.1, 0.15) is 5.82 Å². The topological polar surface area (TPSA) is 99.7 Å². The molecule has 0 spiro atoms. The van der Waals surface area contributed by atoms with Crippen molar-refractivity contribution in [2.75, 3.05) is 13.1 Å². The monoisotopic (exact) mass is 436 g/mol. The van der Waals surface area contributed by atoms with Crippen molar-refractivity contribution in [3.63, 3.8) is 0 Å². The summed E-state index contributed by atoms with van der Waals surface area (Å²) in [5, 5.41) is 7.96. The van der Waals surface area contributed by atoms with E-state index < -0.39 is 0 Å². The zero-order chi connectivity index (χ0) is 21.5. The molecule has 31 heavy (non-hydrogen) atoms. The summed E-state index contributed by atoms with van der Waals surface area (Å²) in [5.41, 5.74) is 0.939. The molecule has 0 bridgehead atoms. The summed E-state index contributed by atoms with van der Waals surface area (Å²) in [6.07, 6.45) is 5.70. The second kappa shape index (κ2) is 7.88. The molecule has 160 valence electrons. The van der Waals surface area contributed by atoms with Crippen molar-refractivity contribution in [2.45, 2.75) is 44.1 Å². The fraction of sp³-hybridized carbons (Fsp3) is 0.409. The standard InChI is InChI=1S/C22H24N6O2S/c1-2-9-28-21(30)16-6-5-15(12-17(16)23-22(28)31)20(29)27-10-7-14(8-11-27)19-24-18(25-26-19)13-3-4-13/h2,5-6,12-14H,1,3-4,7-11H2,(H,23,31)(H,24,25,26). The molecule has 2 aliphatic rings. The number of hydrogen-bond acceptors (Lipinski definition) is 5. The van der Waals surface area contributed by atoms with Crippen molar-refractivity contribution in [1.82, 2.24) is 29.6 Å². The predicted molar refractivity (Wildman–Crippen MR) is 120 cm³/mol. The molecule has 8 nitrogen and oxygen atoms in total. The second-order valence-electron chi connectivity index (χ2n) is 8.31. The summed E-state index contributed by atoms with van der Waals surface area (Å²) >= 11 is 5.30. The normalized spacial score (nSPS) is 17.2. The van der Waals surface area contributed by atoms with Crippen LogP contribution < -0.4 is 5.56 Å². The maximum atomic E-state index is 13.1. The summed E-state index contributed by atoms with van der Waals surface area (Å²) in [4.78, 5) is 35.3. The van der Waals surface area contributed by atoms with Gasteiger partial charge in [0.2, 0.25) is 0 Å². The number of fused-ring (bicyclic) bond motifs is 1. The zero-order valence-electron chi connectivity index (χ0n) is 17.1. The highest BCUT2D eigenvalue weighted by Crippen LogP contribution is 2.38. The van der Waals surface area contributed by atoms with Crippen LogP contribution in [-0.4, -0.2) is 48.6 Å². The van der Waals surface area contributed by atoms with E-state index in [1.165, 1.54) is 17.4 Å². The van der Waals surface area contributed by atoms with Gasteiger partial charge in [0.05, 0.1) is 10.9 Å². The van der Waals surface area contributed by atoms with E-state index in [1.54, 1.807) is 24.3 Å². The van der Waals surface area contributed by atoms with Gasteiger partial charge in [-0.15, -0.1) is 6.58 Å². The van der Waals surface area contributed by atoms with E-state index in [0.29, 0.717) is 52.7 Å². The first-order valence-corrected chi connectivity index (χ1v) is 11.0. The van der Waals surface area contributed by atoms with Gasteiger partial charge in [-0.1, -0.05) is 6.08 Å². The molecule has 3 aromatic rings. The minimum atomic E-state index is -0.184. The van der Waals surface area contributed by atoms with Crippen LogP contribution in [0, 0.1) is 4.77 Å². The number of benzene rings is 1. The minimum absolute atomic E-state index is 0.0359. The van der Waals surface area contributed by atoms with Gasteiger partial charge < -0.3 is 9.88 Å². The van der Waals surface area contributed by atoms with Crippen LogP contribution in [0.15, 0.2) is 35.6 Å². The van der Waals surface area contributed by atoms with E-state index in [4.69, 9.17) is 12.2 Å². The number of likely N-dealkylation sites (tertiary alicyclic amines) is 1. The van der Waals surface area contributed by atoms with E-state index in [9.17, 15) is 9.59 Å². The Labute approximate surface area is 184 Å². The van der Waals surface area contributed by atoms with Gasteiger partial charge in [-0.2, -0.15) is 5.10 Å². The van der Waals surface area contributed by atoms with Crippen LogP contribution in [-0.2, 0) is 6.54 Å². The van der Waals surface area contributed by atoms with Gasteiger partial charge in [0.25, 0.3) is 11.5 Å². The van der Waals surface area contributed by atoms with Gasteiger partial charge in [0, 0.05) is 37.0 Å². The Kier molecular flexibility index (Phi) is 5.05. The van der Waals surface area contributed by atoms with Crippen LogP contribution in [0.3, 0.4) is 0 Å². The van der Waals surface area contributed by atoms with Crippen molar-refractivity contribution in [3.8, 4) is 0 Å². The number of allylic oxidation sites excluding steroid dienone is 1. The molecule has 1 saturated heterocycles. The molecule has 0 unspecified atom stereocenters. The van der Waals surface area contributed by atoms with Crippen LogP contribution in [0.2, 0.25) is 0 Å². The van der Waals surface area contributed by atoms with Gasteiger partial charge in [0.15, 0.2) is 10.6 Å². The molecule has 5 rings (SSSR count). The highest BCUT2D eigenvalue weighted by Gasteiger charge is 2.31. The van der Waals surface area contributed by atoms with Gasteiger partial charge in [-0.3, -0.25) is 19.3 Å². The summed E-state index contributed by atoms with van der Waals surface area (Å²) in [6, 6.07) is 5.12. The number of amides is 1. The van der Waals surface area contributed by atoms with E-state index >= 15 is 0 Å². The first kappa shape index (κ1) is 19.9. The highest BCUT2D eigenvalue weighted by atomic mass is 32.1. The third-order valence-electron chi connectivity index (χ3n) is 6.17. The molecule has 1 aliphatic carbocycles. The summed E-state index contributed by atoms with van der Waals surface area (Å²) in [7, 11) is 0. The Morgan fingerprint density at radius 1 is 1.23 bits per heavy atom. The van der Waals surface area contributed by atoms with E-state index in [2.05, 4.69) is 26.7 Å². The molecule has 0 atom stereocenters. The lowest BCUT2D eigenvalue weighted by Crippen LogP contribution is -2.38. The number of carbonyl (C=O) groups excluding carboxylic acids is 1. The largest absolute Gasteiger partial charge is 0.339 e. The number of rotatable bonds is 5. The van der Waals surface area contributed by atoms with Crippen LogP contribution in [0.5, 0.6) is 0 Å². The van der Waals surface area contributed by atoms with Gasteiger partial charge in [-0.05, 0) is 56.1 Å². The van der Waals surface area contributed by atoms with Crippen molar-refractivity contribution in [3.05, 3.63) is 63.2 Å². The minimum Gasteiger partial charge on any atom is -0.339 e. The van der Waals surface area contributed by atoms with Crippen molar-refractivity contribution < 1.29 is 4.79 Å². The number of aromatic amines is 2. The van der Waals surface area contributed by atoms with Crippen molar-refractivity contribution >= 4 is 29.0 Å². The quantitative estimate of drug-likeness (QED) is 0.472. The molecular formula is C22H24N6O2S. The van der Waals surface area contributed by atoms with Crippen molar-refractivity contribution in [1.29, 1.82) is 0 Å². The van der Waals surface area contributed by atoms with Crippen LogP contribution >= 0.6 is 12.2 Å². The van der Waals surface area contributed by atoms with E-state index in [1.807, 2.05) is 4.90 Å². The number of aromatic nitrogens is 5. The molecule has 3 heterocycles. The van der Waals surface area contributed by atoms with Gasteiger partial charge in [-0.25, -0.2) is 4.98 Å². The highest BCUT2D eigenvalue weighted by molar-refractivity contribution is 7.71. The zero-order valence-corrected chi connectivity index (χ0v) is 18.0. The molecule has 2 N–H and O–H groups in total. The van der Waals surface area contributed by atoms with Crippen LogP contribution in [0.4, 0.5) is 0 Å². The fourth-order valence-corrected chi connectivity index (χ4v) is 4.48. The Bertz CT molecular complexity index is 1280. The third kappa shape index (κ3) is 3.74. The first-order valence-electron chi connectivity index (χ1n) is 10.6. The lowest BCUT2D eigenvalue weighted by Gasteiger charge is -2.31. The molecule has 9 heteroatoms. The summed E-state index contributed by atoms with van der Waals surface area (Å²) < 4.78 is 1.77. The molecule has 1 amide bonds. The Balaban J connectivity index is 1.31. The molecule has 2 aromatic heterocycles. The Morgan fingerprint density at radius 2 is 2.00 bits per heavy atom. The first-order chi connectivity index (χ1) is 15.0. The van der Waals surface area contributed by atoms with Gasteiger partial charge >= 0.3 is 0 Å². The third-order valence-corrected chi connectivity index (χ3v) is 6.49. The maximum absolute atomic E-state index is 13.1. The summed E-state index contributed by atoms with van der Waals surface area (Å²) in [6.45, 7) is 5.33. The number of piperidine rings is 1. The average Bonchev–Trinajstić information content (AvgIpc) is 3.52. The number of nitrogens with one attached hydrogen (secondary N) is 2. The molecule has 2 fully saturated rings. The van der Waals surface area contributed by atoms with E-state index in [-0.39, 0.29) is 11.5 Å². The number of hydrogen-bond donors (Lipinski definition) is 2. The molecular weight excluding hydrogens is 412 g/mol. The van der Waals surface area contributed by atoms with Crippen LogP contribution in [0.25, 0.3) is 10.9 Å². The molecule has 1 aliphatic heterocycles. The SMILES string of the molecule is C=CCn1c(=S)[nH]c2cc(C(=O)N3CCC(c4nc(C5CC5)n[nH]4)CC3)ccc2c1=O. The number of H-pyrrole nitrogens is 2. The molecule has 1 saturated carbocycles. The fourth-order valence-electron chi connectivity index (χ4n) is 4.22. The number of carbonyl (C=O) groups is 1. The number of nitrogens with zero attached hydrogens (tertiary/aromatic N) is 4. The van der Waals surface area contributed by atoms with Crippen LogP contribution in [0.1, 0.15) is 59.5 Å². The molecule has 0 radical (unpaired) electrons. The van der Waals surface area contributed by atoms with E-state index in [0.717, 1.165) is 24.5 Å². The smallest absolute Gasteiger partial charge is 0.262 e. The summed E-state index contributed by atoms with van der Waals surface area (Å²) in [5.74, 6) is 2.69. The maximum Gasteiger partial charge on any atom is 0.262 e.